The van der Waals surface area contributed by atoms with Gasteiger partial charge in [-0.3, -0.25) is 4.79 Å². The van der Waals surface area contributed by atoms with E-state index in [0.29, 0.717) is 25.3 Å². The summed E-state index contributed by atoms with van der Waals surface area (Å²) in [5.74, 6) is -0.0456. The van der Waals surface area contributed by atoms with Crippen LogP contribution < -0.4 is 0 Å². The Hall–Kier alpha value is -3.22. The number of aryl methyl sites for hydroxylation is 2. The molecule has 0 bridgehead atoms. The number of halogens is 3. The van der Waals surface area contributed by atoms with Crippen molar-refractivity contribution in [3.8, 4) is 11.1 Å². The topological polar surface area (TPSA) is 46.1 Å². The molecule has 4 rings (SSSR count). The average molecular weight is 439 g/mol. The van der Waals surface area contributed by atoms with Crippen LogP contribution in [0, 0.1) is 13.8 Å². The number of piperidine rings is 1. The van der Waals surface area contributed by atoms with E-state index in [2.05, 4.69) is 11.1 Å². The lowest BCUT2D eigenvalue weighted by Gasteiger charge is -2.34. The summed E-state index contributed by atoms with van der Waals surface area (Å²) in [6.45, 7) is 4.57. The zero-order valence-electron chi connectivity index (χ0n) is 18.0. The Morgan fingerprint density at radius 2 is 1.88 bits per heavy atom. The van der Waals surface area contributed by atoms with Gasteiger partial charge in [-0.15, -0.1) is 0 Å². The van der Waals surface area contributed by atoms with Gasteiger partial charge in [0.05, 0.1) is 16.8 Å². The number of aromatic nitrogens is 2. The van der Waals surface area contributed by atoms with Crippen LogP contribution in [-0.2, 0) is 6.18 Å². The second kappa shape index (κ2) is 8.73. The summed E-state index contributed by atoms with van der Waals surface area (Å²) >= 11 is 0. The Morgan fingerprint density at radius 3 is 2.62 bits per heavy atom. The van der Waals surface area contributed by atoms with Crippen molar-refractivity contribution >= 4 is 5.91 Å². The Bertz CT molecular complexity index is 1140. The number of benzene rings is 2. The van der Waals surface area contributed by atoms with Gasteiger partial charge in [0.25, 0.3) is 5.91 Å². The van der Waals surface area contributed by atoms with Crippen molar-refractivity contribution in [3.63, 3.8) is 0 Å². The van der Waals surface area contributed by atoms with Crippen LogP contribution >= 0.6 is 0 Å². The van der Waals surface area contributed by atoms with Gasteiger partial charge in [0.1, 0.15) is 5.82 Å². The van der Waals surface area contributed by atoms with E-state index in [9.17, 15) is 18.0 Å². The fourth-order valence-electron chi connectivity index (χ4n) is 4.31. The number of rotatable bonds is 3. The highest BCUT2D eigenvalue weighted by Gasteiger charge is 2.37. The molecule has 0 N–H and O–H groups in total. The molecular weight excluding hydrogens is 415 g/mol. The molecule has 1 saturated heterocycles. The Balaban J connectivity index is 1.66. The lowest BCUT2D eigenvalue weighted by Crippen LogP contribution is -2.40. The molecule has 166 valence electrons. The average Bonchev–Trinajstić information content (AvgIpc) is 2.78. The Labute approximate surface area is 185 Å². The van der Waals surface area contributed by atoms with Crippen molar-refractivity contribution in [1.82, 2.24) is 14.9 Å². The number of hydrogen-bond acceptors (Lipinski definition) is 3. The minimum Gasteiger partial charge on any atom is -0.338 e. The van der Waals surface area contributed by atoms with Gasteiger partial charge in [-0.2, -0.15) is 13.2 Å². The third-order valence-electron chi connectivity index (χ3n) is 5.83. The van der Waals surface area contributed by atoms with Crippen LogP contribution in [0.1, 0.15) is 51.8 Å². The second-order valence-corrected chi connectivity index (χ2v) is 8.22. The van der Waals surface area contributed by atoms with Crippen molar-refractivity contribution in [2.45, 2.75) is 38.8 Å². The zero-order chi connectivity index (χ0) is 22.9. The zero-order valence-corrected chi connectivity index (χ0v) is 18.0. The number of carbonyl (C=O) groups excluding carboxylic acids is 1. The fourth-order valence-corrected chi connectivity index (χ4v) is 4.31. The molecule has 1 aliphatic heterocycles. The standard InChI is InChI=1S/C25H24F3N3O/c1-16-7-5-8-18(13-16)21-14-29-17(2)30-23(21)19-9-6-12-31(15-19)24(32)20-10-3-4-11-22(20)25(26,27)28/h3-5,7-8,10-11,13-14,19H,6,9,12,15H2,1-2H3/t19-/m0/s1. The Morgan fingerprint density at radius 1 is 1.09 bits per heavy atom. The quantitative estimate of drug-likeness (QED) is 0.518. The largest absolute Gasteiger partial charge is 0.417 e. The van der Waals surface area contributed by atoms with Crippen LogP contribution in [0.25, 0.3) is 11.1 Å². The van der Waals surface area contributed by atoms with Crippen molar-refractivity contribution < 1.29 is 18.0 Å². The fraction of sp³-hybridized carbons (Fsp3) is 0.320. The van der Waals surface area contributed by atoms with Crippen molar-refractivity contribution in [2.24, 2.45) is 0 Å². The summed E-state index contributed by atoms with van der Waals surface area (Å²) in [7, 11) is 0. The monoisotopic (exact) mass is 439 g/mol. The minimum absolute atomic E-state index is 0.0806. The summed E-state index contributed by atoms with van der Waals surface area (Å²) in [4.78, 5) is 23.7. The summed E-state index contributed by atoms with van der Waals surface area (Å²) in [6, 6.07) is 13.0. The third-order valence-corrected chi connectivity index (χ3v) is 5.83. The van der Waals surface area contributed by atoms with Crippen molar-refractivity contribution in [1.29, 1.82) is 0 Å². The molecule has 4 nitrogen and oxygen atoms in total. The highest BCUT2D eigenvalue weighted by atomic mass is 19.4. The van der Waals surface area contributed by atoms with Gasteiger partial charge in [-0.1, -0.05) is 42.0 Å². The molecule has 7 heteroatoms. The maximum atomic E-state index is 13.4. The molecule has 1 fully saturated rings. The molecule has 0 unspecified atom stereocenters. The number of hydrogen-bond donors (Lipinski definition) is 0. The summed E-state index contributed by atoms with van der Waals surface area (Å²) in [6.07, 6.45) is -1.28. The lowest BCUT2D eigenvalue weighted by atomic mass is 9.89. The van der Waals surface area contributed by atoms with Crippen LogP contribution in [0.3, 0.4) is 0 Å². The van der Waals surface area contributed by atoms with Crippen molar-refractivity contribution in [2.75, 3.05) is 13.1 Å². The first kappa shape index (κ1) is 22.0. The molecule has 1 aromatic heterocycles. The van der Waals surface area contributed by atoms with Gasteiger partial charge >= 0.3 is 6.18 Å². The number of nitrogens with zero attached hydrogens (tertiary/aromatic N) is 3. The maximum Gasteiger partial charge on any atom is 0.417 e. The van der Waals surface area contributed by atoms with Gasteiger partial charge in [0, 0.05) is 30.8 Å². The number of amides is 1. The van der Waals surface area contributed by atoms with Gasteiger partial charge in [0.15, 0.2) is 0 Å². The lowest BCUT2D eigenvalue weighted by molar-refractivity contribution is -0.138. The molecule has 2 aromatic carbocycles. The van der Waals surface area contributed by atoms with Crippen LogP contribution in [0.4, 0.5) is 13.2 Å². The van der Waals surface area contributed by atoms with E-state index in [4.69, 9.17) is 4.98 Å². The van der Waals surface area contributed by atoms with Crippen LogP contribution in [0.5, 0.6) is 0 Å². The predicted molar refractivity (Wildman–Crippen MR) is 116 cm³/mol. The molecule has 0 saturated carbocycles. The SMILES string of the molecule is Cc1cccc(-c2cnc(C)nc2[C@H]2CCCN(C(=O)c3ccccc3C(F)(F)F)C2)c1. The van der Waals surface area contributed by atoms with E-state index >= 15 is 0 Å². The highest BCUT2D eigenvalue weighted by molar-refractivity contribution is 5.96. The van der Waals surface area contributed by atoms with Crippen LogP contribution in [0.2, 0.25) is 0 Å². The van der Waals surface area contributed by atoms with Crippen LogP contribution in [0.15, 0.2) is 54.7 Å². The molecular formula is C25H24F3N3O. The minimum atomic E-state index is -4.58. The van der Waals surface area contributed by atoms with E-state index < -0.39 is 17.6 Å². The van der Waals surface area contributed by atoms with E-state index in [-0.39, 0.29) is 11.5 Å². The van der Waals surface area contributed by atoms with Crippen molar-refractivity contribution in [3.05, 3.63) is 82.9 Å². The van der Waals surface area contributed by atoms with Gasteiger partial charge in [0.2, 0.25) is 0 Å². The molecule has 0 spiro atoms. The first-order valence-corrected chi connectivity index (χ1v) is 10.6. The van der Waals surface area contributed by atoms with Gasteiger partial charge in [-0.25, -0.2) is 9.97 Å². The van der Waals surface area contributed by atoms with E-state index in [1.807, 2.05) is 32.0 Å². The predicted octanol–water partition coefficient (Wildman–Crippen LogP) is 5.80. The van der Waals surface area contributed by atoms with Gasteiger partial charge in [-0.05, 0) is 44.4 Å². The van der Waals surface area contributed by atoms with E-state index in [0.717, 1.165) is 34.9 Å². The number of carbonyl (C=O) groups is 1. The van der Waals surface area contributed by atoms with Gasteiger partial charge < -0.3 is 4.90 Å². The first-order valence-electron chi connectivity index (χ1n) is 10.6. The molecule has 1 aliphatic rings. The highest BCUT2D eigenvalue weighted by Crippen LogP contribution is 2.36. The second-order valence-electron chi connectivity index (χ2n) is 8.22. The first-order chi connectivity index (χ1) is 15.2. The summed E-state index contributed by atoms with van der Waals surface area (Å²) < 4.78 is 40.3. The van der Waals surface area contributed by atoms with E-state index in [1.54, 1.807) is 6.20 Å². The third kappa shape index (κ3) is 4.52. The summed E-state index contributed by atoms with van der Waals surface area (Å²) in [5, 5.41) is 0. The molecule has 0 aliphatic carbocycles. The number of alkyl halides is 3. The van der Waals surface area contributed by atoms with Crippen LogP contribution in [-0.4, -0.2) is 33.9 Å². The number of likely N-dealkylation sites (tertiary alicyclic amines) is 1. The Kier molecular flexibility index (Phi) is 6.00. The normalized spacial score (nSPS) is 16.8. The molecule has 3 aromatic rings. The maximum absolute atomic E-state index is 13.4. The molecule has 0 radical (unpaired) electrons. The molecule has 1 atom stereocenters. The summed E-state index contributed by atoms with van der Waals surface area (Å²) in [5.41, 5.74) is 2.63. The van der Waals surface area contributed by atoms with E-state index in [1.165, 1.54) is 23.1 Å². The molecule has 1 amide bonds. The molecule has 32 heavy (non-hydrogen) atoms. The smallest absolute Gasteiger partial charge is 0.338 e. The molecule has 2 heterocycles.